The Bertz CT molecular complexity index is 1420. The molecule has 2 heterocycles. The molecule has 0 N–H and O–H groups in total. The fourth-order valence-electron chi connectivity index (χ4n) is 6.27. The highest BCUT2D eigenvalue weighted by molar-refractivity contribution is 6.25. The van der Waals surface area contributed by atoms with E-state index in [1.165, 1.54) is 16.7 Å². The van der Waals surface area contributed by atoms with Crippen LogP contribution in [0.25, 0.3) is 11.1 Å². The Kier molecular flexibility index (Phi) is 5.45. The van der Waals surface area contributed by atoms with E-state index in [4.69, 9.17) is 0 Å². The van der Waals surface area contributed by atoms with Crippen LogP contribution >= 0.6 is 0 Å². The molecule has 3 aliphatic rings. The number of allylic oxidation sites excluding steroid dienone is 1. The van der Waals surface area contributed by atoms with Crippen LogP contribution in [0.5, 0.6) is 0 Å². The topological polar surface area (TPSA) is 40.6 Å². The Morgan fingerprint density at radius 1 is 0.944 bits per heavy atom. The predicted octanol–water partition coefficient (Wildman–Crippen LogP) is 6.17. The highest BCUT2D eigenvalue weighted by Crippen LogP contribution is 2.49. The van der Waals surface area contributed by atoms with Crippen LogP contribution in [0.4, 0.5) is 5.69 Å². The number of fused-ring (bicyclic) bond motifs is 5. The summed E-state index contributed by atoms with van der Waals surface area (Å²) in [5.41, 5.74) is 8.48. The third-order valence-electron chi connectivity index (χ3n) is 8.27. The van der Waals surface area contributed by atoms with Gasteiger partial charge in [-0.1, -0.05) is 65.7 Å². The second kappa shape index (κ2) is 8.56. The predicted molar refractivity (Wildman–Crippen MR) is 145 cm³/mol. The lowest BCUT2D eigenvalue weighted by atomic mass is 9.74. The molecular formula is C32H32N2O2. The molecule has 3 aromatic carbocycles. The van der Waals surface area contributed by atoms with Crippen molar-refractivity contribution in [3.63, 3.8) is 0 Å². The van der Waals surface area contributed by atoms with Gasteiger partial charge >= 0.3 is 0 Å². The molecule has 0 aromatic heterocycles. The number of hydrogen-bond donors (Lipinski definition) is 0. The van der Waals surface area contributed by atoms with E-state index in [1.807, 2.05) is 47.4 Å². The number of aryl methyl sites for hydroxylation is 1. The van der Waals surface area contributed by atoms with Gasteiger partial charge in [0.2, 0.25) is 0 Å². The molecule has 0 saturated carbocycles. The maximum atomic E-state index is 14.2. The molecule has 0 atom stereocenters. The van der Waals surface area contributed by atoms with Crippen LogP contribution in [-0.2, 0) is 5.41 Å². The zero-order valence-electron chi connectivity index (χ0n) is 21.3. The SMILES string of the molecule is CC(C)=CCN1CCC2(CC1)CN(C(=O)c1cccc3c1-c1ccccc1C3=O)c1ccc(C)cc12. The summed E-state index contributed by atoms with van der Waals surface area (Å²) in [5, 5.41) is 0. The lowest BCUT2D eigenvalue weighted by Crippen LogP contribution is -2.46. The molecule has 4 heteroatoms. The first-order chi connectivity index (χ1) is 17.4. The molecule has 0 unspecified atom stereocenters. The molecule has 182 valence electrons. The van der Waals surface area contributed by atoms with E-state index in [0.29, 0.717) is 23.2 Å². The Hall–Kier alpha value is -3.50. The summed E-state index contributed by atoms with van der Waals surface area (Å²) in [6, 6.07) is 19.7. The first kappa shape index (κ1) is 22.9. The summed E-state index contributed by atoms with van der Waals surface area (Å²) in [7, 11) is 0. The van der Waals surface area contributed by atoms with Gasteiger partial charge in [0.25, 0.3) is 5.91 Å². The van der Waals surface area contributed by atoms with Crippen molar-refractivity contribution in [3.05, 3.63) is 100 Å². The lowest BCUT2D eigenvalue weighted by molar-refractivity contribution is 0.0978. The Labute approximate surface area is 213 Å². The average molecular weight is 477 g/mol. The van der Waals surface area contributed by atoms with Gasteiger partial charge in [0.05, 0.1) is 0 Å². The molecule has 4 nitrogen and oxygen atoms in total. The Balaban J connectivity index is 1.37. The van der Waals surface area contributed by atoms with Crippen LogP contribution in [0.3, 0.4) is 0 Å². The standard InChI is InChI=1S/C32H32N2O2/c1-21(2)13-16-33-17-14-32(15-18-33)20-34(28-12-11-22(3)19-27(28)32)31(36)26-10-6-9-25-29(26)23-7-4-5-8-24(23)30(25)35/h4-13,19H,14-18,20H2,1-3H3. The van der Waals surface area contributed by atoms with Crippen LogP contribution in [0.2, 0.25) is 0 Å². The molecule has 6 rings (SSSR count). The minimum Gasteiger partial charge on any atom is -0.307 e. The summed E-state index contributed by atoms with van der Waals surface area (Å²) in [6.45, 7) is 10.2. The third kappa shape index (κ3) is 3.55. The molecule has 0 radical (unpaired) electrons. The monoisotopic (exact) mass is 476 g/mol. The Morgan fingerprint density at radius 2 is 1.67 bits per heavy atom. The first-order valence-corrected chi connectivity index (χ1v) is 12.9. The maximum absolute atomic E-state index is 14.2. The minimum absolute atomic E-state index is 0.00732. The smallest absolute Gasteiger partial charge is 0.258 e. The molecule has 0 bridgehead atoms. The van der Waals surface area contributed by atoms with Crippen LogP contribution in [0.1, 0.15) is 64.1 Å². The molecule has 1 aliphatic carbocycles. The van der Waals surface area contributed by atoms with Crippen molar-refractivity contribution >= 4 is 17.4 Å². The summed E-state index contributed by atoms with van der Waals surface area (Å²) in [5.74, 6) is -0.00166. The Morgan fingerprint density at radius 3 is 2.42 bits per heavy atom. The maximum Gasteiger partial charge on any atom is 0.258 e. The summed E-state index contributed by atoms with van der Waals surface area (Å²) in [4.78, 5) is 31.8. The van der Waals surface area contributed by atoms with Crippen molar-refractivity contribution in [1.29, 1.82) is 0 Å². The van der Waals surface area contributed by atoms with Crippen LogP contribution in [-0.4, -0.2) is 42.8 Å². The number of nitrogens with zero attached hydrogens (tertiary/aromatic N) is 2. The molecular weight excluding hydrogens is 444 g/mol. The molecule has 3 aromatic rings. The van der Waals surface area contributed by atoms with Crippen molar-refractivity contribution in [2.75, 3.05) is 31.1 Å². The number of anilines is 1. The van der Waals surface area contributed by atoms with E-state index in [2.05, 4.69) is 49.9 Å². The van der Waals surface area contributed by atoms with Gasteiger partial charge in [-0.05, 0) is 70.0 Å². The van der Waals surface area contributed by atoms with Gasteiger partial charge in [0, 0.05) is 46.4 Å². The number of likely N-dealkylation sites (tertiary alicyclic amines) is 1. The van der Waals surface area contributed by atoms with E-state index >= 15 is 0 Å². The molecule has 1 amide bonds. The molecule has 36 heavy (non-hydrogen) atoms. The van der Waals surface area contributed by atoms with Crippen molar-refractivity contribution in [2.24, 2.45) is 0 Å². The summed E-state index contributed by atoms with van der Waals surface area (Å²) >= 11 is 0. The summed E-state index contributed by atoms with van der Waals surface area (Å²) < 4.78 is 0. The molecule has 1 spiro atoms. The van der Waals surface area contributed by atoms with Gasteiger partial charge in [-0.25, -0.2) is 0 Å². The third-order valence-corrected chi connectivity index (χ3v) is 8.27. The highest BCUT2D eigenvalue weighted by atomic mass is 16.2. The summed E-state index contributed by atoms with van der Waals surface area (Å²) in [6.07, 6.45) is 4.38. The number of carbonyl (C=O) groups is 2. The average Bonchev–Trinajstić information content (AvgIpc) is 3.36. The van der Waals surface area contributed by atoms with Crippen molar-refractivity contribution < 1.29 is 9.59 Å². The van der Waals surface area contributed by atoms with Crippen LogP contribution in [0, 0.1) is 6.92 Å². The van der Waals surface area contributed by atoms with Gasteiger partial charge in [-0.2, -0.15) is 0 Å². The largest absolute Gasteiger partial charge is 0.307 e. The second-order valence-corrected chi connectivity index (χ2v) is 10.9. The number of amides is 1. The normalized spacial score (nSPS) is 17.6. The number of piperidine rings is 1. The second-order valence-electron chi connectivity index (χ2n) is 10.9. The molecule has 2 aliphatic heterocycles. The number of ketones is 1. The van der Waals surface area contributed by atoms with E-state index in [0.717, 1.165) is 49.3 Å². The van der Waals surface area contributed by atoms with E-state index in [1.54, 1.807) is 0 Å². The van der Waals surface area contributed by atoms with Crippen LogP contribution < -0.4 is 4.90 Å². The zero-order chi connectivity index (χ0) is 25.0. The van der Waals surface area contributed by atoms with Gasteiger partial charge in [-0.15, -0.1) is 0 Å². The van der Waals surface area contributed by atoms with Crippen molar-refractivity contribution in [2.45, 2.75) is 39.0 Å². The highest BCUT2D eigenvalue weighted by Gasteiger charge is 2.47. The number of carbonyl (C=O) groups excluding carboxylic acids is 2. The fraction of sp³-hybridized carbons (Fsp3) is 0.312. The number of rotatable bonds is 3. The van der Waals surface area contributed by atoms with E-state index < -0.39 is 0 Å². The lowest BCUT2D eigenvalue weighted by Gasteiger charge is -2.39. The van der Waals surface area contributed by atoms with Crippen molar-refractivity contribution in [1.82, 2.24) is 4.90 Å². The van der Waals surface area contributed by atoms with Gasteiger partial charge < -0.3 is 4.90 Å². The van der Waals surface area contributed by atoms with Gasteiger partial charge in [0.1, 0.15) is 0 Å². The molecule has 1 fully saturated rings. The first-order valence-electron chi connectivity index (χ1n) is 12.9. The quantitative estimate of drug-likeness (QED) is 0.332. The fourth-order valence-corrected chi connectivity index (χ4v) is 6.27. The van der Waals surface area contributed by atoms with Crippen molar-refractivity contribution in [3.8, 4) is 11.1 Å². The van der Waals surface area contributed by atoms with E-state index in [9.17, 15) is 9.59 Å². The van der Waals surface area contributed by atoms with Crippen LogP contribution in [0.15, 0.2) is 72.3 Å². The number of benzene rings is 3. The van der Waals surface area contributed by atoms with Gasteiger partial charge in [0.15, 0.2) is 5.78 Å². The zero-order valence-corrected chi connectivity index (χ0v) is 21.3. The van der Waals surface area contributed by atoms with E-state index in [-0.39, 0.29) is 17.1 Å². The number of hydrogen-bond acceptors (Lipinski definition) is 3. The minimum atomic E-state index is -0.0236. The van der Waals surface area contributed by atoms with Gasteiger partial charge in [-0.3, -0.25) is 14.5 Å². The molecule has 1 saturated heterocycles.